The normalized spacial score (nSPS) is 47.2. The van der Waals surface area contributed by atoms with Crippen LogP contribution in [0.4, 0.5) is 0 Å². The van der Waals surface area contributed by atoms with E-state index in [4.69, 9.17) is 4.74 Å². The second-order valence-corrected chi connectivity index (χ2v) is 24.7. The monoisotopic (exact) mass is 953 g/mol. The van der Waals surface area contributed by atoms with Crippen LogP contribution in [0.15, 0.2) is 41.4 Å². The summed E-state index contributed by atoms with van der Waals surface area (Å²) in [6.45, 7) is 9.40. The largest absolute Gasteiger partial charge is 0.465 e. The summed E-state index contributed by atoms with van der Waals surface area (Å²) >= 11 is 0. The lowest BCUT2D eigenvalue weighted by Crippen LogP contribution is -2.66. The van der Waals surface area contributed by atoms with Gasteiger partial charge in [-0.05, 0) is 167 Å². The molecule has 5 saturated carbocycles. The minimum absolute atomic E-state index is 0.0119. The van der Waals surface area contributed by atoms with Crippen molar-refractivity contribution in [2.45, 2.75) is 179 Å². The van der Waals surface area contributed by atoms with Crippen LogP contribution in [0, 0.1) is 93.7 Å². The van der Waals surface area contributed by atoms with Crippen molar-refractivity contribution in [3.8, 4) is 11.8 Å². The SMILES string of the molecule is CC(=O)C(CO)NC1=C2C(CCC3(C)C4C(CC#CC(C5COC(=O)C5c5cc[nH]c5)CC5C6CC(C)CCC6=CCC5C(C)CC(O)C4(C)O)CC23O)C2(C3CCCC3)CC(O)C(O)CC2C1=O. The van der Waals surface area contributed by atoms with E-state index in [2.05, 4.69) is 42.1 Å². The molecule has 378 valence electrons. The number of carbonyl (C=O) groups excluding carboxylic acids is 3. The third-order valence-corrected chi connectivity index (χ3v) is 21.3. The van der Waals surface area contributed by atoms with Crippen LogP contribution in [-0.2, 0) is 19.1 Å². The lowest BCUT2D eigenvalue weighted by molar-refractivity contribution is -0.190. The molecule has 8 aliphatic carbocycles. The number of cyclic esters (lactones) is 1. The van der Waals surface area contributed by atoms with Gasteiger partial charge in [0.25, 0.3) is 0 Å². The van der Waals surface area contributed by atoms with Crippen molar-refractivity contribution in [1.29, 1.82) is 0 Å². The predicted octanol–water partition coefficient (Wildman–Crippen LogP) is 6.29. The first-order valence-corrected chi connectivity index (χ1v) is 27.0. The van der Waals surface area contributed by atoms with Gasteiger partial charge < -0.3 is 45.7 Å². The number of aliphatic hydroxyl groups excluding tert-OH is 4. The Labute approximate surface area is 408 Å². The Morgan fingerprint density at radius 1 is 0.957 bits per heavy atom. The number of carbonyl (C=O) groups is 3. The van der Waals surface area contributed by atoms with Crippen LogP contribution >= 0.6 is 0 Å². The van der Waals surface area contributed by atoms with E-state index in [1.54, 1.807) is 6.92 Å². The van der Waals surface area contributed by atoms with Gasteiger partial charge in [0.05, 0.1) is 54.3 Å². The van der Waals surface area contributed by atoms with E-state index in [0.29, 0.717) is 36.7 Å². The number of Topliss-reactive ketones (excluding diaryl/α,β-unsaturated/α-hetero) is 2. The number of fused-ring (bicyclic) bond motifs is 10. The minimum Gasteiger partial charge on any atom is -0.465 e. The summed E-state index contributed by atoms with van der Waals surface area (Å²) in [5, 5.41) is 76.9. The first-order chi connectivity index (χ1) is 32.8. The van der Waals surface area contributed by atoms with Crippen LogP contribution in [0.1, 0.15) is 149 Å². The average Bonchev–Trinajstić information content (AvgIpc) is 4.14. The predicted molar refractivity (Wildman–Crippen MR) is 258 cm³/mol. The number of nitrogens with one attached hydrogen (secondary N) is 2. The number of aliphatic hydroxyl groups is 6. The zero-order valence-corrected chi connectivity index (χ0v) is 41.7. The highest BCUT2D eigenvalue weighted by molar-refractivity contribution is 6.01. The molecule has 12 nitrogen and oxygen atoms in total. The number of aromatic amines is 1. The van der Waals surface area contributed by atoms with Crippen LogP contribution < -0.4 is 5.32 Å². The number of aromatic nitrogens is 1. The number of ketones is 2. The fraction of sp³-hybridized carbons (Fsp3) is 0.772. The molecule has 1 saturated heterocycles. The van der Waals surface area contributed by atoms with Crippen molar-refractivity contribution >= 4 is 17.5 Å². The highest BCUT2D eigenvalue weighted by Crippen LogP contribution is 2.73. The number of esters is 1. The Balaban J connectivity index is 1.12. The van der Waals surface area contributed by atoms with E-state index >= 15 is 4.79 Å². The molecule has 8 N–H and O–H groups in total. The molecule has 10 rings (SSSR count). The molecular formula is C57H80N2O10. The minimum atomic E-state index is -1.73. The fourth-order valence-corrected chi connectivity index (χ4v) is 18.0. The van der Waals surface area contributed by atoms with Crippen LogP contribution in [0.3, 0.4) is 0 Å². The molecule has 0 radical (unpaired) electrons. The van der Waals surface area contributed by atoms with E-state index in [1.165, 1.54) is 18.9 Å². The Morgan fingerprint density at radius 2 is 1.72 bits per heavy atom. The van der Waals surface area contributed by atoms with E-state index in [0.717, 1.165) is 56.9 Å². The summed E-state index contributed by atoms with van der Waals surface area (Å²) in [5.41, 5.74) is -2.26. The molecule has 12 heteroatoms. The molecule has 0 aromatic carbocycles. The van der Waals surface area contributed by atoms with E-state index in [-0.39, 0.29) is 91.0 Å². The molecular weight excluding hydrogens is 873 g/mol. The summed E-state index contributed by atoms with van der Waals surface area (Å²) in [7, 11) is 0. The van der Waals surface area contributed by atoms with Crippen LogP contribution in [0.2, 0.25) is 0 Å². The molecule has 9 aliphatic rings. The van der Waals surface area contributed by atoms with Crippen molar-refractivity contribution < 1.29 is 49.8 Å². The molecule has 6 fully saturated rings. The fourth-order valence-electron chi connectivity index (χ4n) is 18.0. The molecule has 1 aliphatic heterocycles. The van der Waals surface area contributed by atoms with Crippen molar-refractivity contribution in [3.63, 3.8) is 0 Å². The van der Waals surface area contributed by atoms with Gasteiger partial charge in [0.2, 0.25) is 0 Å². The second kappa shape index (κ2) is 18.3. The van der Waals surface area contributed by atoms with Crippen LogP contribution in [0.25, 0.3) is 0 Å². The zero-order chi connectivity index (χ0) is 48.9. The molecule has 20 unspecified atom stereocenters. The first kappa shape index (κ1) is 49.3. The lowest BCUT2D eigenvalue weighted by Gasteiger charge is -2.64. The lowest BCUT2D eigenvalue weighted by atomic mass is 9.41. The molecule has 0 bridgehead atoms. The number of hydrogen-bond acceptors (Lipinski definition) is 11. The molecule has 0 amide bonds. The smallest absolute Gasteiger partial charge is 0.313 e. The van der Waals surface area contributed by atoms with Gasteiger partial charge in [-0.1, -0.05) is 51.2 Å². The van der Waals surface area contributed by atoms with Gasteiger partial charge in [-0.2, -0.15) is 0 Å². The Bertz CT molecular complexity index is 2270. The summed E-state index contributed by atoms with van der Waals surface area (Å²) in [4.78, 5) is 45.5. The summed E-state index contributed by atoms with van der Waals surface area (Å²) in [5.74, 6) is 4.97. The Kier molecular flexibility index (Phi) is 13.1. The van der Waals surface area contributed by atoms with Gasteiger partial charge in [-0.25, -0.2) is 0 Å². The van der Waals surface area contributed by atoms with Gasteiger partial charge >= 0.3 is 5.97 Å². The number of hydrogen-bond donors (Lipinski definition) is 8. The number of H-pyrrole nitrogens is 1. The second-order valence-electron chi connectivity index (χ2n) is 24.7. The van der Waals surface area contributed by atoms with Gasteiger partial charge in [0, 0.05) is 47.9 Å². The van der Waals surface area contributed by atoms with Crippen molar-refractivity contribution in [1.82, 2.24) is 10.3 Å². The van der Waals surface area contributed by atoms with Crippen LogP contribution in [-0.4, -0.2) is 102 Å². The summed E-state index contributed by atoms with van der Waals surface area (Å²) < 4.78 is 5.91. The van der Waals surface area contributed by atoms with Gasteiger partial charge in [-0.15, -0.1) is 5.92 Å². The summed E-state index contributed by atoms with van der Waals surface area (Å²) in [6.07, 6.45) is 13.6. The van der Waals surface area contributed by atoms with E-state index in [9.17, 15) is 40.2 Å². The van der Waals surface area contributed by atoms with Crippen molar-refractivity contribution in [2.24, 2.45) is 81.8 Å². The molecule has 1 aromatic rings. The molecule has 20 atom stereocenters. The maximum atomic E-state index is 15.5. The van der Waals surface area contributed by atoms with Crippen LogP contribution in [0.5, 0.6) is 0 Å². The number of ether oxygens (including phenoxy) is 1. The standard InChI is InChI=1S/C57H80N2O10/c1-30-13-14-33-15-16-38-31(2)22-47(64)55(5,67)52-35(10-8-9-34(23-40(38)39(33)21-30)41-29-69-53(66)48(41)36-18-20-58-27-36)25-57(68)49-42(17-19-54(52,57)4)56(37-11-6-7-12-37)26-46(63)45(62)24-43(56)51(65)50(49)59-44(28-60)32(3)61/h15,18,20,27,30-31,34-35,37-48,52,58-60,62-64,67-68H,6-7,10-14,16-17,19,21-26,28-29H2,1-5H3. The van der Waals surface area contributed by atoms with Crippen molar-refractivity contribution in [3.05, 3.63) is 46.9 Å². The molecule has 0 spiro atoms. The quantitative estimate of drug-likeness (QED) is 0.0866. The maximum absolute atomic E-state index is 15.5. The maximum Gasteiger partial charge on any atom is 0.313 e. The Hall–Kier alpha value is -3.31. The highest BCUT2D eigenvalue weighted by Gasteiger charge is 2.74. The highest BCUT2D eigenvalue weighted by atomic mass is 16.5. The zero-order valence-electron chi connectivity index (χ0n) is 41.7. The van der Waals surface area contributed by atoms with Gasteiger partial charge in [0.15, 0.2) is 11.6 Å². The third kappa shape index (κ3) is 7.79. The number of allylic oxidation sites excluding steroid dienone is 3. The van der Waals surface area contributed by atoms with Gasteiger partial charge in [0.1, 0.15) is 6.04 Å². The first-order valence-electron chi connectivity index (χ1n) is 27.0. The van der Waals surface area contributed by atoms with E-state index < -0.39 is 82.6 Å². The third-order valence-electron chi connectivity index (χ3n) is 21.3. The van der Waals surface area contributed by atoms with E-state index in [1.807, 2.05) is 25.4 Å². The topological polar surface area (TPSA) is 210 Å². The summed E-state index contributed by atoms with van der Waals surface area (Å²) in [6, 6.07) is 0.838. The molecule has 69 heavy (non-hydrogen) atoms. The number of rotatable bonds is 7. The Morgan fingerprint density at radius 3 is 2.43 bits per heavy atom. The van der Waals surface area contributed by atoms with Crippen molar-refractivity contribution in [2.75, 3.05) is 13.2 Å². The average molecular weight is 953 g/mol. The molecule has 2 heterocycles. The molecule has 1 aromatic heterocycles. The van der Waals surface area contributed by atoms with Gasteiger partial charge in [-0.3, -0.25) is 14.4 Å².